The summed E-state index contributed by atoms with van der Waals surface area (Å²) in [7, 11) is 0. The molecule has 4 nitrogen and oxygen atoms in total. The van der Waals surface area contributed by atoms with Gasteiger partial charge in [0.05, 0.1) is 11.1 Å². The van der Waals surface area contributed by atoms with Crippen molar-refractivity contribution in [3.8, 4) is 17.6 Å². The Morgan fingerprint density at radius 3 is 2.58 bits per heavy atom. The third kappa shape index (κ3) is 2.76. The molecule has 2 aromatic carbocycles. The lowest BCUT2D eigenvalue weighted by atomic mass is 10.2. The Kier molecular flexibility index (Phi) is 3.64. The molecule has 3 aromatic rings. The molecule has 122 valence electrons. The predicted octanol–water partition coefficient (Wildman–Crippen LogP) is 4.96. The minimum Gasteiger partial charge on any atom is -0.455 e. The Morgan fingerprint density at radius 1 is 1.21 bits per heavy atom. The van der Waals surface area contributed by atoms with Gasteiger partial charge in [-0.25, -0.2) is 9.37 Å². The van der Waals surface area contributed by atoms with E-state index in [-0.39, 0.29) is 34.1 Å². The van der Waals surface area contributed by atoms with Crippen LogP contribution < -0.4 is 4.74 Å². The fourth-order valence-electron chi connectivity index (χ4n) is 2.18. The number of hydrogen-bond donors (Lipinski definition) is 0. The molecule has 0 aliphatic rings. The monoisotopic (exact) mass is 336 g/mol. The van der Waals surface area contributed by atoms with E-state index < -0.39 is 17.6 Å². The zero-order valence-electron chi connectivity index (χ0n) is 12.1. The van der Waals surface area contributed by atoms with Gasteiger partial charge >= 0.3 is 6.18 Å². The van der Waals surface area contributed by atoms with E-state index >= 15 is 0 Å². The third-order valence-corrected chi connectivity index (χ3v) is 3.21. The minimum atomic E-state index is -4.78. The standard InChI is InChI=1S/C16H8F4N2O2/c1-8-22-14-13(5-2-9(7-21)15(14)23-8)24-10-3-4-11(12(17)6-10)16(18,19)20/h2-6H,1H3. The van der Waals surface area contributed by atoms with Gasteiger partial charge in [-0.1, -0.05) is 0 Å². The van der Waals surface area contributed by atoms with E-state index in [9.17, 15) is 17.6 Å². The summed E-state index contributed by atoms with van der Waals surface area (Å²) < 4.78 is 62.0. The molecule has 0 N–H and O–H groups in total. The maximum Gasteiger partial charge on any atom is 0.419 e. The first-order chi connectivity index (χ1) is 11.3. The van der Waals surface area contributed by atoms with Gasteiger partial charge in [-0.3, -0.25) is 0 Å². The summed E-state index contributed by atoms with van der Waals surface area (Å²) in [5.41, 5.74) is -0.722. The number of hydrogen-bond acceptors (Lipinski definition) is 4. The van der Waals surface area contributed by atoms with Crippen LogP contribution >= 0.6 is 0 Å². The van der Waals surface area contributed by atoms with Crippen LogP contribution in [0.5, 0.6) is 11.5 Å². The molecule has 1 heterocycles. The molecule has 0 amide bonds. The van der Waals surface area contributed by atoms with Crippen molar-refractivity contribution in [2.75, 3.05) is 0 Å². The lowest BCUT2D eigenvalue weighted by molar-refractivity contribution is -0.140. The highest BCUT2D eigenvalue weighted by Gasteiger charge is 2.34. The van der Waals surface area contributed by atoms with Gasteiger partial charge in [0, 0.05) is 13.0 Å². The molecular formula is C16H8F4N2O2. The molecule has 8 heteroatoms. The molecule has 24 heavy (non-hydrogen) atoms. The number of aryl methyl sites for hydroxylation is 1. The van der Waals surface area contributed by atoms with Gasteiger partial charge in [0.25, 0.3) is 0 Å². The molecule has 0 atom stereocenters. The number of fused-ring (bicyclic) bond motifs is 1. The second-order valence-electron chi connectivity index (χ2n) is 4.88. The first kappa shape index (κ1) is 15.8. The zero-order chi connectivity index (χ0) is 17.5. The van der Waals surface area contributed by atoms with Gasteiger partial charge < -0.3 is 9.15 Å². The van der Waals surface area contributed by atoms with Crippen LogP contribution in [0.25, 0.3) is 11.1 Å². The van der Waals surface area contributed by atoms with Crippen molar-refractivity contribution in [1.29, 1.82) is 5.26 Å². The van der Waals surface area contributed by atoms with Gasteiger partial charge in [0.1, 0.15) is 17.6 Å². The average Bonchev–Trinajstić information content (AvgIpc) is 2.88. The average molecular weight is 336 g/mol. The van der Waals surface area contributed by atoms with Crippen molar-refractivity contribution < 1.29 is 26.7 Å². The first-order valence-electron chi connectivity index (χ1n) is 6.64. The van der Waals surface area contributed by atoms with Crippen LogP contribution in [0.1, 0.15) is 17.0 Å². The zero-order valence-corrected chi connectivity index (χ0v) is 12.1. The van der Waals surface area contributed by atoms with E-state index in [1.165, 1.54) is 12.1 Å². The fourth-order valence-corrected chi connectivity index (χ4v) is 2.18. The van der Waals surface area contributed by atoms with Gasteiger partial charge in [0.2, 0.25) is 0 Å². The van der Waals surface area contributed by atoms with E-state index in [0.717, 1.165) is 6.07 Å². The Hall–Kier alpha value is -3.08. The number of ether oxygens (including phenoxy) is 1. The van der Waals surface area contributed by atoms with Gasteiger partial charge in [-0.05, 0) is 24.3 Å². The normalized spacial score (nSPS) is 11.5. The molecule has 0 unspecified atom stereocenters. The number of nitrogens with zero attached hydrogens (tertiary/aromatic N) is 2. The van der Waals surface area contributed by atoms with E-state index in [2.05, 4.69) is 4.98 Å². The first-order valence-corrected chi connectivity index (χ1v) is 6.64. The second kappa shape index (κ2) is 5.53. The van der Waals surface area contributed by atoms with Crippen molar-refractivity contribution >= 4 is 11.1 Å². The molecule has 3 rings (SSSR count). The molecule has 1 aromatic heterocycles. The number of aromatic nitrogens is 1. The van der Waals surface area contributed by atoms with Crippen LogP contribution in [0.3, 0.4) is 0 Å². The lowest BCUT2D eigenvalue weighted by Gasteiger charge is -2.10. The number of nitriles is 1. The topological polar surface area (TPSA) is 59.0 Å². The lowest BCUT2D eigenvalue weighted by Crippen LogP contribution is -2.07. The number of benzene rings is 2. The predicted molar refractivity (Wildman–Crippen MR) is 74.9 cm³/mol. The molecule has 0 saturated carbocycles. The highest BCUT2D eigenvalue weighted by Crippen LogP contribution is 2.36. The summed E-state index contributed by atoms with van der Waals surface area (Å²) in [5.74, 6) is -1.15. The van der Waals surface area contributed by atoms with Gasteiger partial charge in [0.15, 0.2) is 22.7 Å². The van der Waals surface area contributed by atoms with Crippen molar-refractivity contribution in [2.24, 2.45) is 0 Å². The summed E-state index contributed by atoms with van der Waals surface area (Å²) in [5, 5.41) is 9.03. The number of oxazole rings is 1. The minimum absolute atomic E-state index is 0.132. The summed E-state index contributed by atoms with van der Waals surface area (Å²) in [6.07, 6.45) is -4.78. The Balaban J connectivity index is 2.02. The van der Waals surface area contributed by atoms with Crippen molar-refractivity contribution in [3.63, 3.8) is 0 Å². The molecule has 0 spiro atoms. The molecule has 0 bridgehead atoms. The SMILES string of the molecule is Cc1nc2c(Oc3ccc(C(F)(F)F)c(F)c3)ccc(C#N)c2o1. The van der Waals surface area contributed by atoms with Gasteiger partial charge in [-0.2, -0.15) is 18.4 Å². The van der Waals surface area contributed by atoms with Crippen LogP contribution in [0.15, 0.2) is 34.7 Å². The summed E-state index contributed by atoms with van der Waals surface area (Å²) >= 11 is 0. The Bertz CT molecular complexity index is 971. The Morgan fingerprint density at radius 2 is 1.96 bits per heavy atom. The van der Waals surface area contributed by atoms with Crippen molar-refractivity contribution in [3.05, 3.63) is 53.2 Å². The number of halogens is 4. The number of alkyl halides is 3. The van der Waals surface area contributed by atoms with Crippen molar-refractivity contribution in [1.82, 2.24) is 4.98 Å². The molecular weight excluding hydrogens is 328 g/mol. The molecule has 0 aliphatic carbocycles. The maximum absolute atomic E-state index is 13.6. The van der Waals surface area contributed by atoms with E-state index in [1.807, 2.05) is 6.07 Å². The van der Waals surface area contributed by atoms with Crippen LogP contribution in [0.4, 0.5) is 17.6 Å². The van der Waals surface area contributed by atoms with Crippen LogP contribution in [-0.4, -0.2) is 4.98 Å². The van der Waals surface area contributed by atoms with Gasteiger partial charge in [-0.15, -0.1) is 0 Å². The van der Waals surface area contributed by atoms with E-state index in [0.29, 0.717) is 12.1 Å². The van der Waals surface area contributed by atoms with E-state index in [4.69, 9.17) is 14.4 Å². The fraction of sp³-hybridized carbons (Fsp3) is 0.125. The number of rotatable bonds is 2. The smallest absolute Gasteiger partial charge is 0.419 e. The highest BCUT2D eigenvalue weighted by atomic mass is 19.4. The molecule has 0 aliphatic heterocycles. The summed E-state index contributed by atoms with van der Waals surface area (Å²) in [4.78, 5) is 4.08. The molecule has 0 fully saturated rings. The maximum atomic E-state index is 13.6. The molecule has 0 saturated heterocycles. The summed E-state index contributed by atoms with van der Waals surface area (Å²) in [6, 6.07) is 7.01. The third-order valence-electron chi connectivity index (χ3n) is 3.21. The van der Waals surface area contributed by atoms with Crippen LogP contribution in [0.2, 0.25) is 0 Å². The highest BCUT2D eigenvalue weighted by molar-refractivity contribution is 5.85. The van der Waals surface area contributed by atoms with Crippen LogP contribution in [0, 0.1) is 24.1 Å². The molecule has 0 radical (unpaired) electrons. The second-order valence-corrected chi connectivity index (χ2v) is 4.88. The summed E-state index contributed by atoms with van der Waals surface area (Å²) in [6.45, 7) is 1.57. The van der Waals surface area contributed by atoms with E-state index in [1.54, 1.807) is 6.92 Å². The van der Waals surface area contributed by atoms with Crippen molar-refractivity contribution in [2.45, 2.75) is 13.1 Å². The van der Waals surface area contributed by atoms with Crippen LogP contribution in [-0.2, 0) is 6.18 Å². The quantitative estimate of drug-likeness (QED) is 0.621. The largest absolute Gasteiger partial charge is 0.455 e. The Labute approximate surface area is 132 Å².